The van der Waals surface area contributed by atoms with Gasteiger partial charge in [-0.2, -0.15) is 26.3 Å². The first-order chi connectivity index (χ1) is 15.9. The van der Waals surface area contributed by atoms with Crippen LogP contribution in [-0.2, 0) is 20.9 Å². The van der Waals surface area contributed by atoms with Crippen LogP contribution in [0.5, 0.6) is 0 Å². The van der Waals surface area contributed by atoms with Crippen molar-refractivity contribution in [1.82, 2.24) is 9.97 Å². The SMILES string of the molecule is CC1(C)CN(c2ncc(C(F)(F)F)cc2C(=O)Nc2ccnc(S(N)(=O)=O)c2)C[C@@H](C(F)(F)F)O1. The summed E-state index contributed by atoms with van der Waals surface area (Å²) in [6.45, 7) is 1.67. The minimum Gasteiger partial charge on any atom is -0.359 e. The number of hydrogen-bond acceptors (Lipinski definition) is 7. The highest BCUT2D eigenvalue weighted by molar-refractivity contribution is 7.89. The molecule has 3 N–H and O–H groups in total. The van der Waals surface area contributed by atoms with Gasteiger partial charge in [0.15, 0.2) is 11.1 Å². The lowest BCUT2D eigenvalue weighted by Crippen LogP contribution is -2.57. The maximum atomic E-state index is 13.4. The van der Waals surface area contributed by atoms with Crippen LogP contribution >= 0.6 is 0 Å². The molecule has 0 aliphatic carbocycles. The average Bonchev–Trinajstić information content (AvgIpc) is 2.70. The number of amides is 1. The molecule has 0 spiro atoms. The summed E-state index contributed by atoms with van der Waals surface area (Å²) in [4.78, 5) is 21.2. The molecule has 3 heterocycles. The molecular formula is C19H19F6N5O4S. The molecule has 1 amide bonds. The topological polar surface area (TPSA) is 128 Å². The fraction of sp³-hybridized carbons (Fsp3) is 0.421. The predicted octanol–water partition coefficient (Wildman–Crippen LogP) is 2.94. The third-order valence-corrected chi connectivity index (χ3v) is 5.61. The van der Waals surface area contributed by atoms with E-state index in [4.69, 9.17) is 9.88 Å². The van der Waals surface area contributed by atoms with E-state index in [9.17, 15) is 39.6 Å². The van der Waals surface area contributed by atoms with Crippen molar-refractivity contribution in [3.8, 4) is 0 Å². The monoisotopic (exact) mass is 527 g/mol. The van der Waals surface area contributed by atoms with E-state index in [0.29, 0.717) is 12.3 Å². The molecule has 0 bridgehead atoms. The number of carbonyl (C=O) groups excluding carboxylic acids is 1. The zero-order valence-corrected chi connectivity index (χ0v) is 18.9. The number of halogens is 6. The summed E-state index contributed by atoms with van der Waals surface area (Å²) < 4.78 is 108. The molecule has 2 aromatic heterocycles. The Hall–Kier alpha value is -2.98. The number of nitrogens with two attached hydrogens (primary N) is 1. The van der Waals surface area contributed by atoms with Gasteiger partial charge in [-0.05, 0) is 26.0 Å². The molecule has 1 atom stereocenters. The Morgan fingerprint density at radius 1 is 1.20 bits per heavy atom. The van der Waals surface area contributed by atoms with Crippen molar-refractivity contribution in [2.75, 3.05) is 23.3 Å². The highest BCUT2D eigenvalue weighted by Gasteiger charge is 2.49. The van der Waals surface area contributed by atoms with E-state index in [1.807, 2.05) is 0 Å². The summed E-state index contributed by atoms with van der Waals surface area (Å²) in [5, 5.41) is 6.56. The van der Waals surface area contributed by atoms with Gasteiger partial charge in [-0.1, -0.05) is 0 Å². The van der Waals surface area contributed by atoms with Gasteiger partial charge in [0, 0.05) is 30.7 Å². The van der Waals surface area contributed by atoms with Crippen LogP contribution in [0.2, 0.25) is 0 Å². The van der Waals surface area contributed by atoms with Crippen LogP contribution in [0.1, 0.15) is 29.8 Å². The van der Waals surface area contributed by atoms with Crippen LogP contribution in [0.4, 0.5) is 37.8 Å². The molecule has 1 fully saturated rings. The van der Waals surface area contributed by atoms with Crippen LogP contribution < -0.4 is 15.4 Å². The second kappa shape index (κ2) is 8.91. The summed E-state index contributed by atoms with van der Waals surface area (Å²) >= 11 is 0. The van der Waals surface area contributed by atoms with Crippen molar-refractivity contribution in [1.29, 1.82) is 0 Å². The molecule has 2 aromatic rings. The zero-order chi connectivity index (χ0) is 26.4. The van der Waals surface area contributed by atoms with Gasteiger partial charge < -0.3 is 15.0 Å². The van der Waals surface area contributed by atoms with Gasteiger partial charge in [0.1, 0.15) is 5.82 Å². The molecule has 1 aliphatic rings. The minimum absolute atomic E-state index is 0.187. The highest BCUT2D eigenvalue weighted by atomic mass is 32.2. The normalized spacial score (nSPS) is 18.9. The third kappa shape index (κ3) is 6.37. The first-order valence-corrected chi connectivity index (χ1v) is 11.3. The number of alkyl halides is 6. The van der Waals surface area contributed by atoms with Crippen molar-refractivity contribution in [2.24, 2.45) is 5.14 Å². The average molecular weight is 527 g/mol. The first-order valence-electron chi connectivity index (χ1n) is 9.74. The van der Waals surface area contributed by atoms with Crippen LogP contribution in [-0.4, -0.2) is 55.3 Å². The Balaban J connectivity index is 2.05. The van der Waals surface area contributed by atoms with Crippen molar-refractivity contribution in [2.45, 2.75) is 42.9 Å². The fourth-order valence-corrected chi connectivity index (χ4v) is 3.89. The number of primary sulfonamides is 1. The molecule has 1 aliphatic heterocycles. The van der Waals surface area contributed by atoms with E-state index < -0.39 is 68.5 Å². The summed E-state index contributed by atoms with van der Waals surface area (Å²) in [5.41, 5.74) is -3.57. The quantitative estimate of drug-likeness (QED) is 0.586. The number of nitrogens with one attached hydrogen (secondary N) is 1. The van der Waals surface area contributed by atoms with Crippen LogP contribution in [0.25, 0.3) is 0 Å². The highest BCUT2D eigenvalue weighted by Crippen LogP contribution is 2.36. The van der Waals surface area contributed by atoms with Gasteiger partial charge in [-0.25, -0.2) is 23.5 Å². The van der Waals surface area contributed by atoms with Crippen LogP contribution in [0.15, 0.2) is 35.6 Å². The van der Waals surface area contributed by atoms with E-state index in [0.717, 1.165) is 23.2 Å². The third-order valence-electron chi connectivity index (χ3n) is 4.81. The lowest BCUT2D eigenvalue weighted by molar-refractivity contribution is -0.251. The predicted molar refractivity (Wildman–Crippen MR) is 110 cm³/mol. The molecule has 9 nitrogen and oxygen atoms in total. The maximum absolute atomic E-state index is 13.4. The standard InChI is InChI=1S/C19H19F6N5O4S/c1-17(2)9-30(8-13(34-17)19(23,24)25)15-12(5-10(7-28-15)18(20,21)22)16(31)29-11-3-4-27-14(6-11)35(26,32)33/h3-7,13H,8-9H2,1-2H3,(H2,26,32,33)(H,27,29,31)/t13-/m0/s1. The number of sulfonamides is 1. The lowest BCUT2D eigenvalue weighted by Gasteiger charge is -2.44. The number of ether oxygens (including phenoxy) is 1. The number of morpholine rings is 1. The molecule has 3 rings (SSSR count). The molecule has 1 saturated heterocycles. The van der Waals surface area contributed by atoms with Crippen molar-refractivity contribution < 1.29 is 44.3 Å². The van der Waals surface area contributed by atoms with E-state index >= 15 is 0 Å². The smallest absolute Gasteiger partial charge is 0.359 e. The molecule has 0 saturated carbocycles. The van der Waals surface area contributed by atoms with Gasteiger partial charge in [-0.15, -0.1) is 0 Å². The number of nitrogens with zero attached hydrogens (tertiary/aromatic N) is 3. The number of hydrogen-bond donors (Lipinski definition) is 2. The zero-order valence-electron chi connectivity index (χ0n) is 18.1. The number of pyridine rings is 2. The number of carbonyl (C=O) groups is 1. The first kappa shape index (κ1) is 26.6. The minimum atomic E-state index is -4.91. The van der Waals surface area contributed by atoms with E-state index in [-0.39, 0.29) is 12.2 Å². The van der Waals surface area contributed by atoms with Gasteiger partial charge in [-0.3, -0.25) is 4.79 Å². The fourth-order valence-electron chi connectivity index (χ4n) is 3.39. The van der Waals surface area contributed by atoms with Crippen molar-refractivity contribution in [3.05, 3.63) is 41.7 Å². The number of anilines is 2. The molecule has 0 aromatic carbocycles. The summed E-state index contributed by atoms with van der Waals surface area (Å²) in [6, 6.07) is 2.46. The van der Waals surface area contributed by atoms with E-state index in [1.165, 1.54) is 13.8 Å². The molecular weight excluding hydrogens is 508 g/mol. The number of aromatic nitrogens is 2. The Morgan fingerprint density at radius 2 is 1.86 bits per heavy atom. The Morgan fingerprint density at radius 3 is 2.43 bits per heavy atom. The Kier molecular flexibility index (Phi) is 6.78. The summed E-state index contributed by atoms with van der Waals surface area (Å²) in [5.74, 6) is -1.63. The largest absolute Gasteiger partial charge is 0.417 e. The lowest BCUT2D eigenvalue weighted by atomic mass is 10.0. The maximum Gasteiger partial charge on any atom is 0.417 e. The van der Waals surface area contributed by atoms with E-state index in [2.05, 4.69) is 15.3 Å². The number of rotatable bonds is 4. The van der Waals surface area contributed by atoms with Crippen molar-refractivity contribution in [3.63, 3.8) is 0 Å². The van der Waals surface area contributed by atoms with Gasteiger partial charge >= 0.3 is 12.4 Å². The summed E-state index contributed by atoms with van der Waals surface area (Å²) in [7, 11) is -4.26. The van der Waals surface area contributed by atoms with Gasteiger partial charge in [0.05, 0.1) is 23.3 Å². The molecule has 0 unspecified atom stereocenters. The van der Waals surface area contributed by atoms with Crippen molar-refractivity contribution >= 4 is 27.4 Å². The molecule has 35 heavy (non-hydrogen) atoms. The molecule has 16 heteroatoms. The second-order valence-corrected chi connectivity index (χ2v) is 9.77. The summed E-state index contributed by atoms with van der Waals surface area (Å²) in [6.07, 6.45) is -10.6. The molecule has 0 radical (unpaired) electrons. The Labute approximate surface area is 195 Å². The second-order valence-electron chi connectivity index (χ2n) is 8.26. The van der Waals surface area contributed by atoms with Gasteiger partial charge in [0.2, 0.25) is 0 Å². The van der Waals surface area contributed by atoms with Gasteiger partial charge in [0.25, 0.3) is 15.9 Å². The Bertz CT molecular complexity index is 1230. The molecule has 192 valence electrons. The van der Waals surface area contributed by atoms with Crippen LogP contribution in [0, 0.1) is 0 Å². The van der Waals surface area contributed by atoms with Crippen LogP contribution in [0.3, 0.4) is 0 Å². The van der Waals surface area contributed by atoms with E-state index in [1.54, 1.807) is 0 Å².